The van der Waals surface area contributed by atoms with Crippen molar-refractivity contribution in [2.24, 2.45) is 0 Å². The Labute approximate surface area is 171 Å². The lowest BCUT2D eigenvalue weighted by Gasteiger charge is -2.27. The van der Waals surface area contributed by atoms with E-state index in [2.05, 4.69) is 35.0 Å². The number of anilines is 1. The van der Waals surface area contributed by atoms with Gasteiger partial charge in [0.25, 0.3) is 0 Å². The molecule has 0 saturated carbocycles. The van der Waals surface area contributed by atoms with Crippen LogP contribution in [0.15, 0.2) is 49.1 Å². The maximum atomic E-state index is 5.47. The van der Waals surface area contributed by atoms with E-state index in [1.807, 2.05) is 30.5 Å². The summed E-state index contributed by atoms with van der Waals surface area (Å²) in [7, 11) is 0. The third-order valence-corrected chi connectivity index (χ3v) is 5.32. The van der Waals surface area contributed by atoms with E-state index in [0.717, 1.165) is 57.8 Å². The van der Waals surface area contributed by atoms with E-state index in [-0.39, 0.29) is 0 Å². The highest BCUT2D eigenvalue weighted by atomic mass is 16.5. The summed E-state index contributed by atoms with van der Waals surface area (Å²) in [6.45, 7) is 3.01. The van der Waals surface area contributed by atoms with Crippen molar-refractivity contribution in [2.75, 3.05) is 31.2 Å². The fourth-order valence-corrected chi connectivity index (χ4v) is 3.81. The van der Waals surface area contributed by atoms with E-state index in [1.54, 1.807) is 18.6 Å². The van der Waals surface area contributed by atoms with Gasteiger partial charge in [0.05, 0.1) is 36.1 Å². The van der Waals surface area contributed by atoms with Gasteiger partial charge in [0.2, 0.25) is 0 Å². The lowest BCUT2D eigenvalue weighted by atomic mass is 10.1. The van der Waals surface area contributed by atoms with Crippen LogP contribution in [0, 0.1) is 0 Å². The fraction of sp³-hybridized carbons (Fsp3) is 0.190. The minimum absolute atomic E-state index is 0.696. The van der Waals surface area contributed by atoms with Crippen LogP contribution in [-0.4, -0.2) is 61.4 Å². The van der Waals surface area contributed by atoms with Crippen molar-refractivity contribution >= 4 is 27.8 Å². The largest absolute Gasteiger partial charge is 0.378 e. The number of morpholine rings is 1. The number of hydrogen-bond acceptors (Lipinski definition) is 7. The first-order valence-corrected chi connectivity index (χ1v) is 9.79. The van der Waals surface area contributed by atoms with Gasteiger partial charge in [-0.1, -0.05) is 0 Å². The van der Waals surface area contributed by atoms with Crippen molar-refractivity contribution in [3.05, 3.63) is 49.1 Å². The van der Waals surface area contributed by atoms with E-state index >= 15 is 0 Å². The zero-order valence-electron chi connectivity index (χ0n) is 16.0. The average molecular weight is 398 g/mol. The minimum atomic E-state index is 0.696. The predicted molar refractivity (Wildman–Crippen MR) is 113 cm³/mol. The smallest absolute Gasteiger partial charge is 0.159 e. The topological polar surface area (TPSA) is 109 Å². The molecule has 0 spiro atoms. The molecule has 6 heterocycles. The Morgan fingerprint density at radius 2 is 1.93 bits per heavy atom. The third kappa shape index (κ3) is 2.79. The van der Waals surface area contributed by atoms with Crippen LogP contribution in [0.2, 0.25) is 0 Å². The zero-order valence-corrected chi connectivity index (χ0v) is 16.0. The molecule has 1 fully saturated rings. The molecule has 5 aromatic heterocycles. The second kappa shape index (κ2) is 6.89. The van der Waals surface area contributed by atoms with Gasteiger partial charge in [-0.25, -0.2) is 9.97 Å². The summed E-state index contributed by atoms with van der Waals surface area (Å²) in [5.41, 5.74) is 5.16. The summed E-state index contributed by atoms with van der Waals surface area (Å²) >= 11 is 0. The van der Waals surface area contributed by atoms with Crippen molar-refractivity contribution in [1.82, 2.24) is 35.1 Å². The summed E-state index contributed by atoms with van der Waals surface area (Å²) < 4.78 is 5.47. The summed E-state index contributed by atoms with van der Waals surface area (Å²) in [6.07, 6.45) is 7.15. The van der Waals surface area contributed by atoms with E-state index in [0.29, 0.717) is 19.0 Å². The van der Waals surface area contributed by atoms with Crippen molar-refractivity contribution in [3.63, 3.8) is 0 Å². The van der Waals surface area contributed by atoms with E-state index < -0.39 is 0 Å². The normalized spacial score (nSPS) is 14.6. The van der Waals surface area contributed by atoms with Crippen LogP contribution in [0.3, 0.4) is 0 Å². The van der Waals surface area contributed by atoms with Crippen molar-refractivity contribution in [1.29, 1.82) is 0 Å². The van der Waals surface area contributed by atoms with E-state index in [1.165, 1.54) is 0 Å². The first kappa shape index (κ1) is 17.0. The molecule has 1 saturated heterocycles. The molecular weight excluding hydrogens is 380 g/mol. The third-order valence-electron chi connectivity index (χ3n) is 5.32. The number of nitrogens with zero attached hydrogens (tertiary/aromatic N) is 6. The lowest BCUT2D eigenvalue weighted by Crippen LogP contribution is -2.36. The SMILES string of the molecule is c1cncc(-c2cc3c(-c4nc5c(N6CCOCC6)nccc5[nH]4)n[nH]c3cn2)c1. The van der Waals surface area contributed by atoms with Gasteiger partial charge in [0.1, 0.15) is 11.2 Å². The molecule has 6 rings (SSSR count). The van der Waals surface area contributed by atoms with Crippen LogP contribution < -0.4 is 4.90 Å². The monoisotopic (exact) mass is 398 g/mol. The number of aromatic nitrogens is 7. The van der Waals surface area contributed by atoms with Crippen LogP contribution in [0.4, 0.5) is 5.82 Å². The highest BCUT2D eigenvalue weighted by Gasteiger charge is 2.20. The number of rotatable bonds is 3. The van der Waals surface area contributed by atoms with Gasteiger partial charge in [-0.15, -0.1) is 0 Å². The Kier molecular flexibility index (Phi) is 3.91. The van der Waals surface area contributed by atoms with Gasteiger partial charge in [0.15, 0.2) is 11.6 Å². The molecule has 0 amide bonds. The molecule has 0 bridgehead atoms. The van der Waals surface area contributed by atoms with Gasteiger partial charge in [-0.2, -0.15) is 5.10 Å². The van der Waals surface area contributed by atoms with Crippen molar-refractivity contribution in [3.8, 4) is 22.8 Å². The first-order valence-electron chi connectivity index (χ1n) is 9.79. The Balaban J connectivity index is 1.47. The second-order valence-electron chi connectivity index (χ2n) is 7.14. The molecule has 0 radical (unpaired) electrons. The molecule has 0 aromatic carbocycles. The highest BCUT2D eigenvalue weighted by Crippen LogP contribution is 2.31. The Bertz CT molecular complexity index is 1340. The van der Waals surface area contributed by atoms with Crippen molar-refractivity contribution in [2.45, 2.75) is 0 Å². The molecule has 2 N–H and O–H groups in total. The van der Waals surface area contributed by atoms with Crippen LogP contribution in [-0.2, 0) is 4.74 Å². The van der Waals surface area contributed by atoms with E-state index in [9.17, 15) is 0 Å². The van der Waals surface area contributed by atoms with E-state index in [4.69, 9.17) is 9.72 Å². The summed E-state index contributed by atoms with van der Waals surface area (Å²) in [4.78, 5) is 23.8. The molecule has 1 aliphatic rings. The first-order chi connectivity index (χ1) is 14.9. The van der Waals surface area contributed by atoms with Gasteiger partial charge in [-0.05, 0) is 24.3 Å². The maximum Gasteiger partial charge on any atom is 0.159 e. The maximum absolute atomic E-state index is 5.47. The second-order valence-corrected chi connectivity index (χ2v) is 7.14. The van der Waals surface area contributed by atoms with Crippen LogP contribution in [0.25, 0.3) is 44.7 Å². The van der Waals surface area contributed by atoms with Gasteiger partial charge >= 0.3 is 0 Å². The van der Waals surface area contributed by atoms with Crippen LogP contribution in [0.1, 0.15) is 0 Å². The number of fused-ring (bicyclic) bond motifs is 2. The Morgan fingerprint density at radius 1 is 1.00 bits per heavy atom. The van der Waals surface area contributed by atoms with Crippen molar-refractivity contribution < 1.29 is 4.74 Å². The molecule has 0 unspecified atom stereocenters. The number of aromatic amines is 2. The quantitative estimate of drug-likeness (QED) is 0.481. The molecule has 9 nitrogen and oxygen atoms in total. The van der Waals surface area contributed by atoms with Gasteiger partial charge < -0.3 is 14.6 Å². The van der Waals surface area contributed by atoms with Crippen LogP contribution >= 0.6 is 0 Å². The van der Waals surface area contributed by atoms with Gasteiger partial charge in [0, 0.05) is 42.6 Å². The lowest BCUT2D eigenvalue weighted by molar-refractivity contribution is 0.122. The predicted octanol–water partition coefficient (Wildman–Crippen LogP) is 2.79. The Morgan fingerprint density at radius 3 is 2.80 bits per heavy atom. The summed E-state index contributed by atoms with van der Waals surface area (Å²) in [5.74, 6) is 1.57. The summed E-state index contributed by atoms with van der Waals surface area (Å²) in [5, 5.41) is 8.51. The molecule has 1 aliphatic heterocycles. The zero-order chi connectivity index (χ0) is 19.9. The Hall–Kier alpha value is -3.85. The number of pyridine rings is 3. The van der Waals surface area contributed by atoms with Gasteiger partial charge in [-0.3, -0.25) is 15.1 Å². The molecule has 9 heteroatoms. The number of ether oxygens (including phenoxy) is 1. The molecule has 5 aromatic rings. The number of nitrogens with one attached hydrogen (secondary N) is 2. The molecule has 30 heavy (non-hydrogen) atoms. The summed E-state index contributed by atoms with van der Waals surface area (Å²) in [6, 6.07) is 7.84. The van der Waals surface area contributed by atoms with Crippen LogP contribution in [0.5, 0.6) is 0 Å². The standard InChI is InChI=1S/C21H18N8O/c1-2-13(11-22-4-1)16-10-14-17(12-24-16)27-28-18(14)20-25-15-3-5-23-21(19(15)26-20)29-6-8-30-9-7-29/h1-5,10-12H,6-9H2,(H,25,26)(H,27,28). The minimum Gasteiger partial charge on any atom is -0.378 e. The number of hydrogen-bond donors (Lipinski definition) is 2. The molecule has 0 aliphatic carbocycles. The molecule has 0 atom stereocenters. The highest BCUT2D eigenvalue weighted by molar-refractivity contribution is 5.96. The molecule has 148 valence electrons. The number of imidazole rings is 1. The fourth-order valence-electron chi connectivity index (χ4n) is 3.81. The average Bonchev–Trinajstić information content (AvgIpc) is 3.43. The number of H-pyrrole nitrogens is 2. The molecular formula is C21H18N8O.